The van der Waals surface area contributed by atoms with Crippen LogP contribution in [-0.4, -0.2) is 38.5 Å². The third-order valence-electron chi connectivity index (χ3n) is 4.09. The molecule has 0 aliphatic heterocycles. The van der Waals surface area contributed by atoms with E-state index in [1.807, 2.05) is 7.05 Å². The van der Waals surface area contributed by atoms with Crippen LogP contribution in [0.4, 0.5) is 5.69 Å². The lowest BCUT2D eigenvalue weighted by Gasteiger charge is -2.35. The highest BCUT2D eigenvalue weighted by atomic mass is 32.7. The lowest BCUT2D eigenvalue weighted by atomic mass is 10.1. The molecule has 0 aliphatic carbocycles. The van der Waals surface area contributed by atoms with Gasteiger partial charge in [0.2, 0.25) is 0 Å². The molecule has 1 aromatic carbocycles. The predicted molar refractivity (Wildman–Crippen MR) is 126 cm³/mol. The van der Waals surface area contributed by atoms with Gasteiger partial charge in [-0.15, -0.1) is 0 Å². The van der Waals surface area contributed by atoms with Gasteiger partial charge in [0.05, 0.1) is 9.91 Å². The molecule has 0 saturated heterocycles. The van der Waals surface area contributed by atoms with Gasteiger partial charge in [0, 0.05) is 36.9 Å². The fourth-order valence-corrected chi connectivity index (χ4v) is 9.43. The number of rotatable bonds is 13. The van der Waals surface area contributed by atoms with Crippen molar-refractivity contribution in [3.05, 3.63) is 34.4 Å². The average Bonchev–Trinajstić information content (AvgIpc) is 2.68. The zero-order valence-corrected chi connectivity index (χ0v) is 20.3. The van der Waals surface area contributed by atoms with Gasteiger partial charge in [-0.05, 0) is 43.3 Å². The van der Waals surface area contributed by atoms with Crippen LogP contribution in [0.2, 0.25) is 0 Å². The van der Waals surface area contributed by atoms with Gasteiger partial charge in [-0.2, -0.15) is 4.08 Å². The number of unbranched alkanes of at least 4 members (excludes halogenated alkanes) is 3. The van der Waals surface area contributed by atoms with Crippen LogP contribution in [0.1, 0.15) is 52.4 Å². The van der Waals surface area contributed by atoms with Crippen molar-refractivity contribution < 1.29 is 9.49 Å². The first-order chi connectivity index (χ1) is 13.3. The molecule has 28 heavy (non-hydrogen) atoms. The Morgan fingerprint density at radius 3 is 2.32 bits per heavy atom. The Morgan fingerprint density at radius 2 is 1.79 bits per heavy atom. The Balaban J connectivity index is 2.88. The van der Waals surface area contributed by atoms with Gasteiger partial charge in [-0.25, -0.2) is 0 Å². The Hall–Kier alpha value is -0.600. The highest BCUT2D eigenvalue weighted by Gasteiger charge is 2.35. The normalized spacial score (nSPS) is 13.3. The van der Waals surface area contributed by atoms with E-state index in [4.69, 9.17) is 12.2 Å². The molecule has 10 heteroatoms. The van der Waals surface area contributed by atoms with Gasteiger partial charge < -0.3 is 0 Å². The minimum Gasteiger partial charge on any atom is -0.300 e. The number of thiocarbonyl (C=S) groups is 1. The van der Waals surface area contributed by atoms with Crippen LogP contribution >= 0.6 is 42.2 Å². The molecule has 0 aromatic heterocycles. The zero-order valence-electron chi connectivity index (χ0n) is 17.0. The first-order valence-corrected chi connectivity index (χ1v) is 13.8. The second-order valence-corrected chi connectivity index (χ2v) is 13.4. The van der Waals surface area contributed by atoms with E-state index in [1.165, 1.54) is 48.3 Å². The molecular formula is C18H30N3O3PS3. The maximum Gasteiger partial charge on any atom is 0.304 e. The van der Waals surface area contributed by atoms with Crippen LogP contribution in [0.25, 0.3) is 0 Å². The van der Waals surface area contributed by atoms with Gasteiger partial charge in [0.25, 0.3) is 5.69 Å². The lowest BCUT2D eigenvalue weighted by molar-refractivity contribution is -0.384. The van der Waals surface area contributed by atoms with Gasteiger partial charge >= 0.3 is 6.65 Å². The minimum absolute atomic E-state index is 0.0425. The van der Waals surface area contributed by atoms with Crippen molar-refractivity contribution >= 4 is 52.9 Å². The summed E-state index contributed by atoms with van der Waals surface area (Å²) < 4.78 is 17.4. The average molecular weight is 464 g/mol. The van der Waals surface area contributed by atoms with Crippen molar-refractivity contribution in [2.75, 3.05) is 19.8 Å². The first-order valence-electron chi connectivity index (χ1n) is 9.44. The van der Waals surface area contributed by atoms with Crippen molar-refractivity contribution in [2.24, 2.45) is 0 Å². The van der Waals surface area contributed by atoms with Crippen LogP contribution in [0, 0.1) is 10.1 Å². The second kappa shape index (κ2) is 12.9. The van der Waals surface area contributed by atoms with E-state index in [0.717, 1.165) is 41.3 Å². The number of hydrogen-bond acceptors (Lipinski definition) is 6. The van der Waals surface area contributed by atoms with Gasteiger partial charge in [0.15, 0.2) is 0 Å². The molecule has 0 bridgehead atoms. The van der Waals surface area contributed by atoms with E-state index >= 15 is 0 Å². The summed E-state index contributed by atoms with van der Waals surface area (Å²) in [6.07, 6.45) is 6.17. The Bertz CT molecular complexity index is 688. The van der Waals surface area contributed by atoms with Crippen LogP contribution in [0.15, 0.2) is 29.2 Å². The maximum absolute atomic E-state index is 13.9. The van der Waals surface area contributed by atoms with Crippen molar-refractivity contribution in [3.63, 3.8) is 0 Å². The first kappa shape index (κ1) is 25.4. The van der Waals surface area contributed by atoms with E-state index in [-0.39, 0.29) is 5.69 Å². The molecule has 1 rings (SSSR count). The molecule has 6 nitrogen and oxygen atoms in total. The topological polar surface area (TPSA) is 66.7 Å². The van der Waals surface area contributed by atoms with E-state index in [2.05, 4.69) is 13.8 Å². The molecule has 0 saturated carbocycles. The highest BCUT2D eigenvalue weighted by molar-refractivity contribution is 8.58. The monoisotopic (exact) mass is 463 g/mol. The molecule has 0 spiro atoms. The third-order valence-corrected chi connectivity index (χ3v) is 12.3. The van der Waals surface area contributed by atoms with Gasteiger partial charge in [0.1, 0.15) is 0 Å². The highest BCUT2D eigenvalue weighted by Crippen LogP contribution is 2.66. The minimum atomic E-state index is -2.95. The van der Waals surface area contributed by atoms with E-state index in [1.54, 1.807) is 27.9 Å². The number of benzene rings is 1. The number of nitrogens with zero attached hydrogens (tertiary/aromatic N) is 3. The van der Waals surface area contributed by atoms with E-state index in [0.29, 0.717) is 0 Å². The Morgan fingerprint density at radius 1 is 1.14 bits per heavy atom. The summed E-state index contributed by atoms with van der Waals surface area (Å²) in [5.74, 6) is 0.769. The van der Waals surface area contributed by atoms with Crippen molar-refractivity contribution in [1.29, 1.82) is 0 Å². The van der Waals surface area contributed by atoms with Crippen LogP contribution in [0.5, 0.6) is 0 Å². The van der Waals surface area contributed by atoms with Crippen molar-refractivity contribution in [3.8, 4) is 0 Å². The molecular weight excluding hydrogens is 433 g/mol. The molecule has 0 heterocycles. The molecule has 0 radical (unpaired) electrons. The predicted octanol–water partition coefficient (Wildman–Crippen LogP) is 7.01. The van der Waals surface area contributed by atoms with E-state index in [9.17, 15) is 14.7 Å². The molecule has 0 N–H and O–H groups in total. The fourth-order valence-electron chi connectivity index (χ4n) is 2.41. The number of non-ortho nitro benzene ring substituents is 1. The summed E-state index contributed by atoms with van der Waals surface area (Å²) >= 11 is 8.34. The molecule has 0 fully saturated rings. The molecule has 1 atom stereocenters. The summed E-state index contributed by atoms with van der Waals surface area (Å²) in [6.45, 7) is 1.28. The fraction of sp³-hybridized carbons (Fsp3) is 0.611. The zero-order chi connectivity index (χ0) is 21.2. The van der Waals surface area contributed by atoms with Crippen molar-refractivity contribution in [1.82, 2.24) is 8.75 Å². The maximum atomic E-state index is 13.9. The summed E-state index contributed by atoms with van der Waals surface area (Å²) in [5, 5.41) is 10.8. The SMILES string of the molecule is CCCCCCC(=S)N(C)P(=O)(SCCC)N(C)Sc1ccc([N+](=O)[O-])cc1. The smallest absolute Gasteiger partial charge is 0.300 e. The largest absolute Gasteiger partial charge is 0.304 e. The Labute approximate surface area is 182 Å². The quantitative estimate of drug-likeness (QED) is 0.0772. The second-order valence-electron chi connectivity index (χ2n) is 6.36. The van der Waals surface area contributed by atoms with Crippen LogP contribution in [-0.2, 0) is 4.57 Å². The number of nitro benzene ring substituents is 1. The summed E-state index contributed by atoms with van der Waals surface area (Å²) in [5.41, 5.74) is 0.0425. The standard InChI is InChI=1S/C18H30N3O3PS3/c1-5-7-8-9-10-18(26)19(3)25(24,27-15-6-2)20(4)28-17-13-11-16(12-14-17)21(22)23/h11-14H,5-10,15H2,1-4H3. The van der Waals surface area contributed by atoms with Gasteiger partial charge in [-0.3, -0.25) is 19.3 Å². The summed E-state index contributed by atoms with van der Waals surface area (Å²) in [7, 11) is 3.62. The molecule has 1 unspecified atom stereocenters. The molecule has 158 valence electrons. The third kappa shape index (κ3) is 7.67. The lowest BCUT2D eigenvalue weighted by Crippen LogP contribution is -2.26. The molecule has 1 aromatic rings. The van der Waals surface area contributed by atoms with E-state index < -0.39 is 11.6 Å². The summed E-state index contributed by atoms with van der Waals surface area (Å²) in [6, 6.07) is 6.28. The van der Waals surface area contributed by atoms with Crippen LogP contribution < -0.4 is 0 Å². The van der Waals surface area contributed by atoms with Crippen LogP contribution in [0.3, 0.4) is 0 Å². The Kier molecular flexibility index (Phi) is 11.7. The number of nitro groups is 1. The number of hydrogen-bond donors (Lipinski definition) is 0. The van der Waals surface area contributed by atoms with Crippen molar-refractivity contribution in [2.45, 2.75) is 57.3 Å². The molecule has 0 amide bonds. The van der Waals surface area contributed by atoms with Gasteiger partial charge in [-0.1, -0.05) is 56.7 Å². The molecule has 0 aliphatic rings. The summed E-state index contributed by atoms with van der Waals surface area (Å²) in [4.78, 5) is 11.9.